The monoisotopic (exact) mass is 343 g/mol. The molecule has 1 fully saturated rings. The van der Waals surface area contributed by atoms with Crippen molar-refractivity contribution in [1.29, 1.82) is 0 Å². The molecule has 0 aliphatic heterocycles. The maximum atomic E-state index is 6.66. The van der Waals surface area contributed by atoms with Gasteiger partial charge < -0.3 is 10.5 Å². The molecule has 2 N–H and O–H groups in total. The third-order valence-corrected chi connectivity index (χ3v) is 4.88. The Hall–Kier alpha value is -0.390. The summed E-state index contributed by atoms with van der Waals surface area (Å²) in [6.07, 6.45) is 7.60. The highest BCUT2D eigenvalue weighted by Crippen LogP contribution is 2.42. The average Bonchev–Trinajstić information content (AvgIpc) is 2.81. The van der Waals surface area contributed by atoms with Crippen LogP contribution >= 0.6 is 15.9 Å². The minimum atomic E-state index is -0.234. The van der Waals surface area contributed by atoms with Crippen molar-refractivity contribution in [1.82, 2.24) is 9.78 Å². The third kappa shape index (κ3) is 2.95. The van der Waals surface area contributed by atoms with E-state index in [0.717, 1.165) is 23.0 Å². The molecule has 0 radical (unpaired) electrons. The van der Waals surface area contributed by atoms with Gasteiger partial charge in [0.05, 0.1) is 28.0 Å². The quantitative estimate of drug-likeness (QED) is 0.879. The van der Waals surface area contributed by atoms with Crippen LogP contribution in [0.3, 0.4) is 0 Å². The molecular formula is C15H26BrN3O. The lowest BCUT2D eigenvalue weighted by atomic mass is 9.78. The first-order valence-corrected chi connectivity index (χ1v) is 8.43. The summed E-state index contributed by atoms with van der Waals surface area (Å²) in [5, 5.41) is 4.46. The maximum Gasteiger partial charge on any atom is 0.0889 e. The summed E-state index contributed by atoms with van der Waals surface area (Å²) in [5.74, 6) is 0. The SMILES string of the molecule is CCOC1(C(N)c2c(Br)cnn2C(C)C)CCCCC1. The van der Waals surface area contributed by atoms with Crippen LogP contribution in [0.25, 0.3) is 0 Å². The first-order chi connectivity index (χ1) is 9.52. The fraction of sp³-hybridized carbons (Fsp3) is 0.800. The van der Waals surface area contributed by atoms with Crippen molar-refractivity contribution < 1.29 is 4.74 Å². The zero-order valence-corrected chi connectivity index (χ0v) is 14.3. The smallest absolute Gasteiger partial charge is 0.0889 e. The minimum absolute atomic E-state index is 0.137. The van der Waals surface area contributed by atoms with Gasteiger partial charge in [-0.05, 0) is 49.5 Å². The standard InChI is InChI=1S/C15H26BrN3O/c1-4-20-15(8-6-5-7-9-15)14(17)13-12(16)10-18-19(13)11(2)3/h10-11,14H,4-9,17H2,1-3H3. The van der Waals surface area contributed by atoms with E-state index >= 15 is 0 Å². The van der Waals surface area contributed by atoms with E-state index in [9.17, 15) is 0 Å². The molecule has 0 aromatic carbocycles. The van der Waals surface area contributed by atoms with Gasteiger partial charge in [-0.15, -0.1) is 0 Å². The lowest BCUT2D eigenvalue weighted by molar-refractivity contribution is -0.0848. The van der Waals surface area contributed by atoms with Gasteiger partial charge >= 0.3 is 0 Å². The van der Waals surface area contributed by atoms with Crippen LogP contribution in [-0.4, -0.2) is 22.0 Å². The Kier molecular flexibility index (Phi) is 5.26. The van der Waals surface area contributed by atoms with Crippen LogP contribution in [-0.2, 0) is 4.74 Å². The predicted octanol–water partition coefficient (Wildman–Crippen LogP) is 3.97. The Labute approximate surface area is 130 Å². The van der Waals surface area contributed by atoms with Crippen LogP contribution in [0.1, 0.15) is 70.7 Å². The van der Waals surface area contributed by atoms with Crippen molar-refractivity contribution in [2.75, 3.05) is 6.61 Å². The van der Waals surface area contributed by atoms with Crippen LogP contribution in [0.4, 0.5) is 0 Å². The second-order valence-corrected chi connectivity index (χ2v) is 6.81. The van der Waals surface area contributed by atoms with Crippen LogP contribution in [0.2, 0.25) is 0 Å². The van der Waals surface area contributed by atoms with Gasteiger partial charge in [-0.3, -0.25) is 4.68 Å². The second kappa shape index (κ2) is 6.58. The number of rotatable bonds is 5. The molecule has 0 saturated heterocycles. The number of nitrogens with two attached hydrogens (primary N) is 1. The Morgan fingerprint density at radius 2 is 2.05 bits per heavy atom. The zero-order valence-electron chi connectivity index (χ0n) is 12.7. The molecule has 1 saturated carbocycles. The average molecular weight is 344 g/mol. The fourth-order valence-corrected chi connectivity index (χ4v) is 3.81. The lowest BCUT2D eigenvalue weighted by Crippen LogP contribution is -2.46. The summed E-state index contributed by atoms with van der Waals surface area (Å²) in [7, 11) is 0. The molecule has 0 bridgehead atoms. The molecule has 1 aromatic heterocycles. The molecule has 5 heteroatoms. The minimum Gasteiger partial charge on any atom is -0.373 e. The van der Waals surface area contributed by atoms with Gasteiger partial charge in [0.15, 0.2) is 0 Å². The van der Waals surface area contributed by atoms with Gasteiger partial charge in [0, 0.05) is 12.6 Å². The van der Waals surface area contributed by atoms with Gasteiger partial charge in [-0.2, -0.15) is 5.10 Å². The van der Waals surface area contributed by atoms with Crippen LogP contribution in [0.15, 0.2) is 10.7 Å². The third-order valence-electron chi connectivity index (χ3n) is 4.27. The second-order valence-electron chi connectivity index (χ2n) is 5.95. The Morgan fingerprint density at radius 1 is 1.40 bits per heavy atom. The highest BCUT2D eigenvalue weighted by molar-refractivity contribution is 9.10. The van der Waals surface area contributed by atoms with Gasteiger partial charge in [-0.25, -0.2) is 0 Å². The summed E-state index contributed by atoms with van der Waals surface area (Å²) in [6.45, 7) is 7.02. The highest BCUT2D eigenvalue weighted by atomic mass is 79.9. The van der Waals surface area contributed by atoms with Crippen molar-refractivity contribution in [3.05, 3.63) is 16.4 Å². The van der Waals surface area contributed by atoms with Crippen molar-refractivity contribution >= 4 is 15.9 Å². The normalized spacial score (nSPS) is 20.3. The zero-order chi connectivity index (χ0) is 14.8. The van der Waals surface area contributed by atoms with Gasteiger partial charge in [0.1, 0.15) is 0 Å². The van der Waals surface area contributed by atoms with Crippen LogP contribution in [0.5, 0.6) is 0 Å². The molecule has 4 nitrogen and oxygen atoms in total. The molecule has 0 amide bonds. The first-order valence-electron chi connectivity index (χ1n) is 7.64. The fourth-order valence-electron chi connectivity index (χ4n) is 3.29. The van der Waals surface area contributed by atoms with Crippen LogP contribution in [0, 0.1) is 0 Å². The van der Waals surface area contributed by atoms with E-state index in [4.69, 9.17) is 10.5 Å². The van der Waals surface area contributed by atoms with Gasteiger partial charge in [0.2, 0.25) is 0 Å². The molecule has 1 aliphatic carbocycles. The summed E-state index contributed by atoms with van der Waals surface area (Å²) < 4.78 is 9.17. The Morgan fingerprint density at radius 3 is 2.60 bits per heavy atom. The molecular weight excluding hydrogens is 318 g/mol. The number of aromatic nitrogens is 2. The van der Waals surface area contributed by atoms with Crippen molar-refractivity contribution in [2.45, 2.75) is 70.6 Å². The maximum absolute atomic E-state index is 6.66. The molecule has 1 unspecified atom stereocenters. The number of nitrogens with zero attached hydrogens (tertiary/aromatic N) is 2. The highest BCUT2D eigenvalue weighted by Gasteiger charge is 2.42. The van der Waals surface area contributed by atoms with Crippen LogP contribution < -0.4 is 5.73 Å². The first kappa shape index (κ1) is 16.0. The van der Waals surface area contributed by atoms with Gasteiger partial charge in [0.25, 0.3) is 0 Å². The molecule has 1 heterocycles. The molecule has 1 aliphatic rings. The molecule has 0 spiro atoms. The number of hydrogen-bond acceptors (Lipinski definition) is 3. The molecule has 2 rings (SSSR count). The summed E-state index contributed by atoms with van der Waals surface area (Å²) >= 11 is 3.61. The van der Waals surface area contributed by atoms with E-state index in [2.05, 4.69) is 41.8 Å². The van der Waals surface area contributed by atoms with E-state index in [1.807, 2.05) is 10.9 Å². The molecule has 1 aromatic rings. The van der Waals surface area contributed by atoms with E-state index in [1.54, 1.807) is 0 Å². The Balaban J connectivity index is 2.36. The Bertz CT molecular complexity index is 433. The largest absolute Gasteiger partial charge is 0.373 e. The van der Waals surface area contributed by atoms with E-state index in [0.29, 0.717) is 12.6 Å². The predicted molar refractivity (Wildman–Crippen MR) is 84.7 cm³/mol. The van der Waals surface area contributed by atoms with Crippen molar-refractivity contribution in [2.24, 2.45) is 5.73 Å². The summed E-state index contributed by atoms with van der Waals surface area (Å²) in [5.41, 5.74) is 7.49. The number of ether oxygens (including phenoxy) is 1. The molecule has 1 atom stereocenters. The van der Waals surface area contributed by atoms with E-state index in [1.165, 1.54) is 19.3 Å². The topological polar surface area (TPSA) is 53.1 Å². The molecule has 20 heavy (non-hydrogen) atoms. The van der Waals surface area contributed by atoms with Crippen molar-refractivity contribution in [3.8, 4) is 0 Å². The van der Waals surface area contributed by atoms with E-state index in [-0.39, 0.29) is 11.6 Å². The number of halogens is 1. The molecule has 114 valence electrons. The van der Waals surface area contributed by atoms with E-state index < -0.39 is 0 Å². The lowest BCUT2D eigenvalue weighted by Gasteiger charge is -2.42. The summed E-state index contributed by atoms with van der Waals surface area (Å²) in [6, 6.07) is 0.159. The summed E-state index contributed by atoms with van der Waals surface area (Å²) in [4.78, 5) is 0. The van der Waals surface area contributed by atoms with Crippen molar-refractivity contribution in [3.63, 3.8) is 0 Å². The number of hydrogen-bond donors (Lipinski definition) is 1. The van der Waals surface area contributed by atoms with Gasteiger partial charge in [-0.1, -0.05) is 19.3 Å².